The van der Waals surface area contributed by atoms with E-state index in [1.54, 1.807) is 0 Å². The first-order valence-electron chi connectivity index (χ1n) is 8.11. The Bertz CT molecular complexity index is 219. The highest BCUT2D eigenvalue weighted by Crippen LogP contribution is 2.16. The van der Waals surface area contributed by atoms with Crippen molar-refractivity contribution in [2.24, 2.45) is 5.92 Å². The summed E-state index contributed by atoms with van der Waals surface area (Å²) in [5.41, 5.74) is 0. The van der Waals surface area contributed by atoms with Crippen LogP contribution in [0.25, 0.3) is 0 Å². The van der Waals surface area contributed by atoms with Gasteiger partial charge in [-0.05, 0) is 12.3 Å². The molecule has 0 radical (unpaired) electrons. The van der Waals surface area contributed by atoms with Gasteiger partial charge >= 0.3 is 6.16 Å². The number of rotatable bonds is 13. The summed E-state index contributed by atoms with van der Waals surface area (Å²) in [4.78, 5) is 10.9. The fourth-order valence-electron chi connectivity index (χ4n) is 2.16. The molecule has 0 amide bonds. The summed E-state index contributed by atoms with van der Waals surface area (Å²) >= 11 is 0. The highest BCUT2D eigenvalue weighted by molar-refractivity contribution is 5.59. The molecule has 0 saturated heterocycles. The second-order valence-electron chi connectivity index (χ2n) is 5.47. The maximum Gasteiger partial charge on any atom is 0.508 e. The van der Waals surface area contributed by atoms with Gasteiger partial charge in [-0.25, -0.2) is 4.79 Å². The van der Waals surface area contributed by atoms with E-state index in [1.165, 1.54) is 44.9 Å². The lowest BCUT2D eigenvalue weighted by Gasteiger charge is -2.10. The highest BCUT2D eigenvalue weighted by Gasteiger charge is 2.03. The minimum Gasteiger partial charge on any atom is -0.434 e. The van der Waals surface area contributed by atoms with Gasteiger partial charge in [0.1, 0.15) is 6.61 Å². The summed E-state index contributed by atoms with van der Waals surface area (Å²) in [7, 11) is 0. The number of hydrogen-bond acceptors (Lipinski definition) is 4. The van der Waals surface area contributed by atoms with E-state index in [2.05, 4.69) is 18.6 Å². The van der Waals surface area contributed by atoms with Crippen molar-refractivity contribution in [3.8, 4) is 0 Å². The molecule has 0 aliphatic rings. The van der Waals surface area contributed by atoms with Crippen LogP contribution in [0.5, 0.6) is 0 Å². The SMILES string of the molecule is CCCCCC(C)CCCCCCOC(=O)OCCO. The molecule has 0 heterocycles. The van der Waals surface area contributed by atoms with Crippen LogP contribution < -0.4 is 0 Å². The number of carbonyl (C=O) groups is 1. The summed E-state index contributed by atoms with van der Waals surface area (Å²) < 4.78 is 9.45. The summed E-state index contributed by atoms with van der Waals surface area (Å²) in [5, 5.41) is 8.46. The second-order valence-corrected chi connectivity index (χ2v) is 5.47. The number of aliphatic hydroxyl groups excluding tert-OH is 1. The van der Waals surface area contributed by atoms with E-state index < -0.39 is 6.16 Å². The quantitative estimate of drug-likeness (QED) is 0.405. The first-order chi connectivity index (χ1) is 9.70. The molecule has 1 unspecified atom stereocenters. The van der Waals surface area contributed by atoms with Crippen molar-refractivity contribution < 1.29 is 19.4 Å². The molecular formula is C16H32O4. The molecule has 0 rings (SSSR count). The molecule has 0 aromatic carbocycles. The maximum atomic E-state index is 10.9. The third-order valence-electron chi connectivity index (χ3n) is 3.42. The number of aliphatic hydroxyl groups is 1. The van der Waals surface area contributed by atoms with Crippen molar-refractivity contribution in [3.05, 3.63) is 0 Å². The van der Waals surface area contributed by atoms with Gasteiger partial charge in [-0.3, -0.25) is 0 Å². The Morgan fingerprint density at radius 3 is 2.20 bits per heavy atom. The van der Waals surface area contributed by atoms with Gasteiger partial charge in [-0.15, -0.1) is 0 Å². The zero-order valence-corrected chi connectivity index (χ0v) is 13.2. The molecule has 0 aliphatic heterocycles. The molecule has 0 fully saturated rings. The molecule has 0 spiro atoms. The van der Waals surface area contributed by atoms with Crippen LogP contribution in [0.1, 0.15) is 71.6 Å². The first kappa shape index (κ1) is 19.2. The van der Waals surface area contributed by atoms with Crippen LogP contribution >= 0.6 is 0 Å². The first-order valence-corrected chi connectivity index (χ1v) is 8.11. The van der Waals surface area contributed by atoms with Crippen molar-refractivity contribution in [2.75, 3.05) is 19.8 Å². The number of carbonyl (C=O) groups excluding carboxylic acids is 1. The molecule has 1 atom stereocenters. The molecule has 1 N–H and O–H groups in total. The van der Waals surface area contributed by atoms with E-state index in [0.717, 1.165) is 18.8 Å². The minimum absolute atomic E-state index is 0.00868. The normalized spacial score (nSPS) is 12.2. The van der Waals surface area contributed by atoms with Crippen LogP contribution in [0, 0.1) is 5.92 Å². The zero-order valence-electron chi connectivity index (χ0n) is 13.2. The lowest BCUT2D eigenvalue weighted by molar-refractivity contribution is 0.0425. The predicted molar refractivity (Wildman–Crippen MR) is 80.8 cm³/mol. The Balaban J connectivity index is 3.21. The smallest absolute Gasteiger partial charge is 0.434 e. The Morgan fingerprint density at radius 1 is 0.950 bits per heavy atom. The van der Waals surface area contributed by atoms with Gasteiger partial charge in [0.25, 0.3) is 0 Å². The second kappa shape index (κ2) is 14.6. The van der Waals surface area contributed by atoms with Gasteiger partial charge in [0.2, 0.25) is 0 Å². The van der Waals surface area contributed by atoms with Gasteiger partial charge in [-0.1, -0.05) is 65.2 Å². The Hall–Kier alpha value is -0.770. The monoisotopic (exact) mass is 288 g/mol. The summed E-state index contributed by atoms with van der Waals surface area (Å²) in [6.07, 6.45) is 10.5. The van der Waals surface area contributed by atoms with Gasteiger partial charge < -0.3 is 14.6 Å². The standard InChI is InChI=1S/C16H32O4/c1-3-4-7-10-15(2)11-8-5-6-9-13-19-16(18)20-14-12-17/h15,17H,3-14H2,1-2H3. The zero-order chi connectivity index (χ0) is 15.1. The summed E-state index contributed by atoms with van der Waals surface area (Å²) in [6, 6.07) is 0. The summed E-state index contributed by atoms with van der Waals surface area (Å²) in [6.45, 7) is 4.85. The lowest BCUT2D eigenvalue weighted by atomic mass is 9.97. The predicted octanol–water partition coefficient (Wildman–Crippen LogP) is 4.30. The van der Waals surface area contributed by atoms with E-state index >= 15 is 0 Å². The van der Waals surface area contributed by atoms with E-state index in [4.69, 9.17) is 9.84 Å². The Labute approximate surface area is 123 Å². The summed E-state index contributed by atoms with van der Waals surface area (Å²) in [5.74, 6) is 0.839. The van der Waals surface area contributed by atoms with E-state index in [-0.39, 0.29) is 13.2 Å². The number of unbranched alkanes of at least 4 members (excludes halogenated alkanes) is 5. The Morgan fingerprint density at radius 2 is 1.55 bits per heavy atom. The molecule has 0 saturated carbocycles. The van der Waals surface area contributed by atoms with Crippen molar-refractivity contribution >= 4 is 6.16 Å². The third kappa shape index (κ3) is 13.7. The molecule has 0 aromatic heterocycles. The van der Waals surface area contributed by atoms with Crippen LogP contribution in [0.15, 0.2) is 0 Å². The average Bonchev–Trinajstić information content (AvgIpc) is 2.44. The van der Waals surface area contributed by atoms with Crippen molar-refractivity contribution in [1.82, 2.24) is 0 Å². The fraction of sp³-hybridized carbons (Fsp3) is 0.938. The van der Waals surface area contributed by atoms with Crippen molar-refractivity contribution in [1.29, 1.82) is 0 Å². The molecule has 4 heteroatoms. The number of hydrogen-bond donors (Lipinski definition) is 1. The fourth-order valence-corrected chi connectivity index (χ4v) is 2.16. The third-order valence-corrected chi connectivity index (χ3v) is 3.42. The molecule has 0 aliphatic carbocycles. The molecule has 0 bridgehead atoms. The van der Waals surface area contributed by atoms with Crippen LogP contribution in [0.4, 0.5) is 4.79 Å². The van der Waals surface area contributed by atoms with Crippen LogP contribution in [0.2, 0.25) is 0 Å². The molecule has 120 valence electrons. The largest absolute Gasteiger partial charge is 0.508 e. The maximum absolute atomic E-state index is 10.9. The van der Waals surface area contributed by atoms with Crippen LogP contribution in [0.3, 0.4) is 0 Å². The van der Waals surface area contributed by atoms with Crippen LogP contribution in [-0.4, -0.2) is 31.1 Å². The topological polar surface area (TPSA) is 55.8 Å². The average molecular weight is 288 g/mol. The number of ether oxygens (including phenoxy) is 2. The van der Waals surface area contributed by atoms with Gasteiger partial charge in [0.15, 0.2) is 0 Å². The molecule has 20 heavy (non-hydrogen) atoms. The van der Waals surface area contributed by atoms with Crippen LogP contribution in [-0.2, 0) is 9.47 Å². The molecule has 0 aromatic rings. The van der Waals surface area contributed by atoms with E-state index in [1.807, 2.05) is 0 Å². The van der Waals surface area contributed by atoms with E-state index in [0.29, 0.717) is 6.61 Å². The van der Waals surface area contributed by atoms with E-state index in [9.17, 15) is 4.79 Å². The Kier molecular flexibility index (Phi) is 14.1. The van der Waals surface area contributed by atoms with Gasteiger partial charge in [-0.2, -0.15) is 0 Å². The van der Waals surface area contributed by atoms with Crippen molar-refractivity contribution in [2.45, 2.75) is 71.6 Å². The van der Waals surface area contributed by atoms with Crippen molar-refractivity contribution in [3.63, 3.8) is 0 Å². The highest BCUT2D eigenvalue weighted by atomic mass is 16.7. The lowest BCUT2D eigenvalue weighted by Crippen LogP contribution is -2.11. The molecular weight excluding hydrogens is 256 g/mol. The molecule has 4 nitrogen and oxygen atoms in total. The van der Waals surface area contributed by atoms with Gasteiger partial charge in [0, 0.05) is 0 Å². The minimum atomic E-state index is -0.677. The van der Waals surface area contributed by atoms with Gasteiger partial charge in [0.05, 0.1) is 13.2 Å².